The molecule has 1 rings (SSSR count). The van der Waals surface area contributed by atoms with E-state index in [-0.39, 0.29) is 5.82 Å². The van der Waals surface area contributed by atoms with Crippen LogP contribution in [0.5, 0.6) is 5.75 Å². The molecular weight excluding hydrogens is 300 g/mol. The minimum atomic E-state index is -0.309. The van der Waals surface area contributed by atoms with Crippen LogP contribution in [0.1, 0.15) is 13.8 Å². The van der Waals surface area contributed by atoms with Gasteiger partial charge >= 0.3 is 30.0 Å². The third kappa shape index (κ3) is 6.50. The fourth-order valence-electron chi connectivity index (χ4n) is 0.769. The number of halogens is 2. The van der Waals surface area contributed by atoms with Crippen molar-refractivity contribution in [1.82, 2.24) is 0 Å². The maximum absolute atomic E-state index is 12.6. The van der Waals surface area contributed by atoms with Crippen molar-refractivity contribution in [2.75, 3.05) is 6.61 Å². The maximum atomic E-state index is 12.6. The molecule has 1 nitrogen and oxygen atoms in total. The third-order valence-electron chi connectivity index (χ3n) is 1.31. The van der Waals surface area contributed by atoms with Gasteiger partial charge in [0, 0.05) is 11.6 Å². The van der Waals surface area contributed by atoms with Crippen LogP contribution in [0.25, 0.3) is 0 Å². The number of ether oxygens (including phenoxy) is 1. The zero-order valence-corrected chi connectivity index (χ0v) is 12.9. The van der Waals surface area contributed by atoms with Crippen LogP contribution >= 0.6 is 13.6 Å². The van der Waals surface area contributed by atoms with Gasteiger partial charge in [-0.1, -0.05) is 19.9 Å². The zero-order valence-electron chi connectivity index (χ0n) is 8.39. The van der Waals surface area contributed by atoms with E-state index in [0.29, 0.717) is 18.3 Å². The van der Waals surface area contributed by atoms with Gasteiger partial charge in [-0.3, -0.25) is 4.39 Å². The first kappa shape index (κ1) is 14.1. The normalized spacial score (nSPS) is 9.36. The van der Waals surface area contributed by atoms with Crippen molar-refractivity contribution in [2.45, 2.75) is 13.8 Å². The van der Waals surface area contributed by atoms with Gasteiger partial charge in [-0.05, 0) is 5.92 Å². The average Bonchev–Trinajstić information content (AvgIpc) is 2.18. The van der Waals surface area contributed by atoms with E-state index >= 15 is 0 Å². The van der Waals surface area contributed by atoms with E-state index in [2.05, 4.69) is 19.7 Å². The van der Waals surface area contributed by atoms with Gasteiger partial charge in [-0.15, -0.1) is 12.1 Å². The fraction of sp³-hybridized carbons (Fsp3) is 0.400. The number of rotatable bonds is 3. The van der Waals surface area contributed by atoms with Crippen molar-refractivity contribution >= 4 is 13.6 Å². The summed E-state index contributed by atoms with van der Waals surface area (Å²) in [5.74, 6) is 0.688. The number of hydrogen-bond donors (Lipinski definition) is 0. The molecule has 4 heteroatoms. The van der Waals surface area contributed by atoms with Gasteiger partial charge in [0.25, 0.3) is 0 Å². The van der Waals surface area contributed by atoms with Crippen molar-refractivity contribution in [3.05, 3.63) is 30.1 Å². The van der Waals surface area contributed by atoms with E-state index in [9.17, 15) is 4.39 Å². The standard InChI is InChI=1S/C10H12FO.BrH.Zn/c1-8(2)7-12-10-5-3-4-9(11)6-10;;/h4-6,8H,7H2,1-2H3;1H;/q-1;;+2/p-1. The minimum absolute atomic E-state index is 0.309. The van der Waals surface area contributed by atoms with Crippen molar-refractivity contribution < 1.29 is 25.5 Å². The summed E-state index contributed by atoms with van der Waals surface area (Å²) in [7, 11) is 0. The van der Waals surface area contributed by atoms with Crippen molar-refractivity contribution in [3.8, 4) is 5.75 Å². The molecule has 0 unspecified atom stereocenters. The summed E-state index contributed by atoms with van der Waals surface area (Å²) in [5, 5.41) is 0. The molecule has 0 radical (unpaired) electrons. The molecular formula is C10H12BrFOZn. The Morgan fingerprint density at radius 3 is 2.64 bits per heavy atom. The summed E-state index contributed by atoms with van der Waals surface area (Å²) in [6, 6.07) is 6.92. The Morgan fingerprint density at radius 2 is 2.14 bits per heavy atom. The SMILES string of the molecule is CC(C)COc1c[c-]cc(F)c1.[Zn+][Br]. The topological polar surface area (TPSA) is 9.23 Å². The Labute approximate surface area is 101 Å². The first-order valence-electron chi connectivity index (χ1n) is 4.24. The van der Waals surface area contributed by atoms with E-state index in [1.165, 1.54) is 28.5 Å². The molecule has 0 saturated heterocycles. The first-order chi connectivity index (χ1) is 6.68. The van der Waals surface area contributed by atoms with E-state index in [1.54, 1.807) is 6.07 Å². The molecule has 14 heavy (non-hydrogen) atoms. The van der Waals surface area contributed by atoms with E-state index in [4.69, 9.17) is 4.74 Å². The Balaban J connectivity index is 0.000000791. The second-order valence-electron chi connectivity index (χ2n) is 3.09. The molecule has 1 aromatic rings. The Kier molecular flexibility index (Phi) is 8.40. The summed E-state index contributed by atoms with van der Waals surface area (Å²) >= 11 is 4.25. The molecule has 0 amide bonds. The molecule has 1 aromatic carbocycles. The van der Waals surface area contributed by atoms with Crippen LogP contribution in [-0.2, 0) is 16.3 Å². The van der Waals surface area contributed by atoms with Crippen LogP contribution in [0.15, 0.2) is 18.2 Å². The molecule has 0 spiro atoms. The Morgan fingerprint density at radius 1 is 1.50 bits per heavy atom. The molecule has 0 saturated carbocycles. The van der Waals surface area contributed by atoms with E-state index in [1.807, 2.05) is 13.8 Å². The van der Waals surface area contributed by atoms with Crippen LogP contribution < -0.4 is 4.74 Å². The van der Waals surface area contributed by atoms with E-state index in [0.717, 1.165) is 0 Å². The van der Waals surface area contributed by atoms with Crippen LogP contribution in [0.3, 0.4) is 0 Å². The molecule has 0 aliphatic rings. The molecule has 0 aliphatic heterocycles. The van der Waals surface area contributed by atoms with E-state index < -0.39 is 0 Å². The van der Waals surface area contributed by atoms with Gasteiger partial charge in [-0.25, -0.2) is 0 Å². The van der Waals surface area contributed by atoms with Crippen LogP contribution in [0.2, 0.25) is 0 Å². The second kappa shape index (κ2) is 8.37. The molecule has 0 heterocycles. The van der Waals surface area contributed by atoms with Gasteiger partial charge in [0.1, 0.15) is 0 Å². The quantitative estimate of drug-likeness (QED) is 0.613. The molecule has 0 fully saturated rings. The first-order valence-corrected chi connectivity index (χ1v) is 11.2. The molecule has 0 aromatic heterocycles. The van der Waals surface area contributed by atoms with Crippen LogP contribution in [0, 0.1) is 17.8 Å². The molecule has 0 N–H and O–H groups in total. The summed E-state index contributed by atoms with van der Waals surface area (Å²) < 4.78 is 17.9. The zero-order chi connectivity index (χ0) is 11.0. The Hall–Kier alpha value is 0.0534. The third-order valence-corrected chi connectivity index (χ3v) is 1.31. The van der Waals surface area contributed by atoms with Crippen LogP contribution in [-0.4, -0.2) is 6.61 Å². The predicted octanol–water partition coefficient (Wildman–Crippen LogP) is 3.50. The summed E-state index contributed by atoms with van der Waals surface area (Å²) in [4.78, 5) is 0. The number of benzene rings is 1. The summed E-state index contributed by atoms with van der Waals surface area (Å²) in [6.07, 6.45) is 0. The Bertz CT molecular complexity index is 256. The van der Waals surface area contributed by atoms with Crippen LogP contribution in [0.4, 0.5) is 4.39 Å². The summed E-state index contributed by atoms with van der Waals surface area (Å²) in [6.45, 7) is 4.70. The van der Waals surface area contributed by atoms with Gasteiger partial charge in [0.05, 0.1) is 6.61 Å². The van der Waals surface area contributed by atoms with Gasteiger partial charge in [0.15, 0.2) is 0 Å². The average molecular weight is 312 g/mol. The molecule has 0 aliphatic carbocycles. The second-order valence-corrected chi connectivity index (χ2v) is 3.09. The molecule has 0 bridgehead atoms. The van der Waals surface area contributed by atoms with Gasteiger partial charge < -0.3 is 4.74 Å². The molecule has 0 atom stereocenters. The van der Waals surface area contributed by atoms with Crippen molar-refractivity contribution in [1.29, 1.82) is 0 Å². The summed E-state index contributed by atoms with van der Waals surface area (Å²) in [5.41, 5.74) is 0. The van der Waals surface area contributed by atoms with Gasteiger partial charge in [0.2, 0.25) is 0 Å². The van der Waals surface area contributed by atoms with Gasteiger partial charge in [-0.2, -0.15) is 6.07 Å². The number of hydrogen-bond acceptors (Lipinski definition) is 1. The predicted molar refractivity (Wildman–Crippen MR) is 54.5 cm³/mol. The molecule has 74 valence electrons. The van der Waals surface area contributed by atoms with Crippen molar-refractivity contribution in [2.24, 2.45) is 5.92 Å². The van der Waals surface area contributed by atoms with Crippen molar-refractivity contribution in [3.63, 3.8) is 0 Å². The monoisotopic (exact) mass is 310 g/mol. The fourth-order valence-corrected chi connectivity index (χ4v) is 0.769.